The van der Waals surface area contributed by atoms with Gasteiger partial charge >= 0.3 is 0 Å². The van der Waals surface area contributed by atoms with Crippen LogP contribution in [0.15, 0.2) is 24.4 Å². The molecule has 0 aromatic rings. The van der Waals surface area contributed by atoms with Crippen LogP contribution in [0.4, 0.5) is 0 Å². The van der Waals surface area contributed by atoms with Gasteiger partial charge in [0.1, 0.15) is 6.04 Å². The fourth-order valence-corrected chi connectivity index (χ4v) is 0.811. The van der Waals surface area contributed by atoms with E-state index in [0.29, 0.717) is 0 Å². The lowest BCUT2D eigenvalue weighted by Gasteiger charge is -1.95. The molecule has 0 saturated carbocycles. The van der Waals surface area contributed by atoms with Gasteiger partial charge in [0.2, 0.25) is 0 Å². The zero-order valence-electron chi connectivity index (χ0n) is 5.15. The zero-order chi connectivity index (χ0) is 6.85. The first-order chi connectivity index (χ1) is 4.24. The highest BCUT2D eigenvalue weighted by molar-refractivity contribution is 5.32. The molecule has 2 nitrogen and oxygen atoms in total. The predicted octanol–water partition coefficient (Wildman–Crippen LogP) is 0.942. The van der Waals surface area contributed by atoms with E-state index in [0.717, 1.165) is 17.7 Å². The third-order valence-corrected chi connectivity index (χ3v) is 1.38. The van der Waals surface area contributed by atoms with E-state index in [1.54, 1.807) is 0 Å². The molecule has 0 aliphatic carbocycles. The number of rotatable bonds is 0. The van der Waals surface area contributed by atoms with Crippen molar-refractivity contribution in [3.8, 4) is 6.07 Å². The van der Waals surface area contributed by atoms with Crippen molar-refractivity contribution in [2.45, 2.75) is 12.5 Å². The van der Waals surface area contributed by atoms with Crippen LogP contribution in [-0.4, -0.2) is 6.04 Å². The molecule has 2 heteroatoms. The Hall–Kier alpha value is -1.23. The Morgan fingerprint density at radius 2 is 2.33 bits per heavy atom. The Bertz CT molecular complexity index is 181. The topological polar surface area (TPSA) is 35.8 Å². The van der Waals surface area contributed by atoms with Gasteiger partial charge in [0.15, 0.2) is 0 Å². The third-order valence-electron chi connectivity index (χ3n) is 1.38. The molecule has 0 radical (unpaired) electrons. The zero-order valence-corrected chi connectivity index (χ0v) is 5.15. The lowest BCUT2D eigenvalue weighted by molar-refractivity contribution is 0.775. The summed E-state index contributed by atoms with van der Waals surface area (Å²) in [6, 6.07) is 2.00. The molecule has 1 heterocycles. The summed E-state index contributed by atoms with van der Waals surface area (Å²) < 4.78 is 0. The number of hydrogen-bond donors (Lipinski definition) is 1. The molecule has 0 amide bonds. The van der Waals surface area contributed by atoms with Crippen LogP contribution in [0, 0.1) is 11.3 Å². The molecule has 1 atom stereocenters. The van der Waals surface area contributed by atoms with E-state index >= 15 is 0 Å². The number of hydrogen-bond acceptors (Lipinski definition) is 2. The van der Waals surface area contributed by atoms with Crippen molar-refractivity contribution >= 4 is 0 Å². The molecule has 1 rings (SSSR count). The van der Waals surface area contributed by atoms with Crippen LogP contribution in [0.1, 0.15) is 6.42 Å². The SMILES string of the molecule is C=C1CC(C#N)NC1=C. The summed E-state index contributed by atoms with van der Waals surface area (Å²) in [5.41, 5.74) is 1.75. The average molecular weight is 120 g/mol. The molecule has 1 aliphatic rings. The lowest BCUT2D eigenvalue weighted by atomic mass is 10.2. The number of nitrogens with zero attached hydrogens (tertiary/aromatic N) is 1. The van der Waals surface area contributed by atoms with Crippen molar-refractivity contribution in [1.29, 1.82) is 5.26 Å². The van der Waals surface area contributed by atoms with Gasteiger partial charge in [0.05, 0.1) is 6.07 Å². The van der Waals surface area contributed by atoms with Gasteiger partial charge in [0.25, 0.3) is 0 Å². The third kappa shape index (κ3) is 0.945. The molecule has 1 aliphatic heterocycles. The van der Waals surface area contributed by atoms with Crippen molar-refractivity contribution < 1.29 is 0 Å². The second-order valence-corrected chi connectivity index (χ2v) is 2.11. The van der Waals surface area contributed by atoms with Gasteiger partial charge in [-0.25, -0.2) is 0 Å². The molecule has 1 saturated heterocycles. The smallest absolute Gasteiger partial charge is 0.118 e. The molecular formula is C7H8N2. The number of nitrogens with one attached hydrogen (secondary N) is 1. The predicted molar refractivity (Wildman–Crippen MR) is 35.4 cm³/mol. The van der Waals surface area contributed by atoms with E-state index in [9.17, 15) is 0 Å². The second kappa shape index (κ2) is 1.94. The van der Waals surface area contributed by atoms with Crippen molar-refractivity contribution in [3.05, 3.63) is 24.4 Å². The summed E-state index contributed by atoms with van der Waals surface area (Å²) in [6.45, 7) is 7.39. The van der Waals surface area contributed by atoms with E-state index in [4.69, 9.17) is 5.26 Å². The van der Waals surface area contributed by atoms with E-state index in [1.165, 1.54) is 0 Å². The van der Waals surface area contributed by atoms with Gasteiger partial charge in [0, 0.05) is 12.1 Å². The summed E-state index contributed by atoms with van der Waals surface area (Å²) in [5, 5.41) is 11.3. The van der Waals surface area contributed by atoms with Crippen molar-refractivity contribution in [2.75, 3.05) is 0 Å². The largest absolute Gasteiger partial charge is 0.370 e. The summed E-state index contributed by atoms with van der Waals surface area (Å²) in [4.78, 5) is 0. The first kappa shape index (κ1) is 5.90. The summed E-state index contributed by atoms with van der Waals surface area (Å²) >= 11 is 0. The maximum atomic E-state index is 8.41. The van der Waals surface area contributed by atoms with Gasteiger partial charge in [-0.1, -0.05) is 13.2 Å². The molecule has 1 unspecified atom stereocenters. The van der Waals surface area contributed by atoms with Crippen LogP contribution in [0.2, 0.25) is 0 Å². The van der Waals surface area contributed by atoms with Gasteiger partial charge in [-0.15, -0.1) is 0 Å². The monoisotopic (exact) mass is 120 g/mol. The first-order valence-electron chi connectivity index (χ1n) is 2.77. The van der Waals surface area contributed by atoms with E-state index in [-0.39, 0.29) is 6.04 Å². The van der Waals surface area contributed by atoms with Crippen LogP contribution in [0.5, 0.6) is 0 Å². The Morgan fingerprint density at radius 3 is 2.56 bits per heavy atom. The molecule has 0 aromatic heterocycles. The van der Waals surface area contributed by atoms with Gasteiger partial charge in [-0.2, -0.15) is 5.26 Å². The second-order valence-electron chi connectivity index (χ2n) is 2.11. The van der Waals surface area contributed by atoms with Gasteiger partial charge in [-0.05, 0) is 5.57 Å². The minimum Gasteiger partial charge on any atom is -0.370 e. The fourth-order valence-electron chi connectivity index (χ4n) is 0.811. The molecule has 46 valence electrons. The minimum absolute atomic E-state index is 0.0926. The maximum Gasteiger partial charge on any atom is 0.118 e. The van der Waals surface area contributed by atoms with Crippen LogP contribution in [0.3, 0.4) is 0 Å². The van der Waals surface area contributed by atoms with Crippen LogP contribution in [-0.2, 0) is 0 Å². The minimum atomic E-state index is -0.0926. The molecule has 0 bridgehead atoms. The Kier molecular flexibility index (Phi) is 1.27. The Labute approximate surface area is 54.5 Å². The molecule has 1 N–H and O–H groups in total. The van der Waals surface area contributed by atoms with E-state index in [1.807, 2.05) is 0 Å². The summed E-state index contributed by atoms with van der Waals surface area (Å²) in [7, 11) is 0. The van der Waals surface area contributed by atoms with Gasteiger partial charge < -0.3 is 5.32 Å². The highest BCUT2D eigenvalue weighted by Gasteiger charge is 2.18. The van der Waals surface area contributed by atoms with E-state index < -0.39 is 0 Å². The highest BCUT2D eigenvalue weighted by Crippen LogP contribution is 2.17. The van der Waals surface area contributed by atoms with Crippen molar-refractivity contribution in [2.24, 2.45) is 0 Å². The average Bonchev–Trinajstić information content (AvgIpc) is 2.13. The summed E-state index contributed by atoms with van der Waals surface area (Å²) in [6.07, 6.45) is 0.718. The van der Waals surface area contributed by atoms with Gasteiger partial charge in [-0.3, -0.25) is 0 Å². The maximum absolute atomic E-state index is 8.41. The standard InChI is InChI=1S/C7H8N2/c1-5-3-7(4-8)9-6(5)2/h7,9H,1-3H2. The molecular weight excluding hydrogens is 112 g/mol. The molecule has 0 aromatic carbocycles. The Morgan fingerprint density at radius 1 is 1.67 bits per heavy atom. The van der Waals surface area contributed by atoms with Crippen molar-refractivity contribution in [1.82, 2.24) is 5.32 Å². The van der Waals surface area contributed by atoms with Crippen LogP contribution >= 0.6 is 0 Å². The molecule has 9 heavy (non-hydrogen) atoms. The van der Waals surface area contributed by atoms with Crippen LogP contribution in [0.25, 0.3) is 0 Å². The normalized spacial score (nSPS) is 25.4. The van der Waals surface area contributed by atoms with Crippen LogP contribution < -0.4 is 5.32 Å². The van der Waals surface area contributed by atoms with E-state index in [2.05, 4.69) is 24.5 Å². The lowest BCUT2D eigenvalue weighted by Crippen LogP contribution is -2.16. The quantitative estimate of drug-likeness (QED) is 0.516. The Balaban J connectivity index is 2.67. The molecule has 0 spiro atoms. The number of nitriles is 1. The van der Waals surface area contributed by atoms with Crippen molar-refractivity contribution in [3.63, 3.8) is 0 Å². The highest BCUT2D eigenvalue weighted by atomic mass is 15.0. The fraction of sp³-hybridized carbons (Fsp3) is 0.286. The first-order valence-corrected chi connectivity index (χ1v) is 2.77. The number of allylic oxidation sites excluding steroid dienone is 1. The molecule has 1 fully saturated rings. The summed E-state index contributed by atoms with van der Waals surface area (Å²) in [5.74, 6) is 0.